The van der Waals surface area contributed by atoms with Gasteiger partial charge in [0.1, 0.15) is 0 Å². The fourth-order valence-corrected chi connectivity index (χ4v) is 2.23. The molecule has 1 fully saturated rings. The van der Waals surface area contributed by atoms with E-state index in [9.17, 15) is 4.79 Å². The first-order valence-corrected chi connectivity index (χ1v) is 6.48. The van der Waals surface area contributed by atoms with E-state index in [0.29, 0.717) is 11.6 Å². The van der Waals surface area contributed by atoms with Crippen LogP contribution in [0, 0.1) is 0 Å². The number of hydrogen-bond acceptors (Lipinski definition) is 4. The summed E-state index contributed by atoms with van der Waals surface area (Å²) in [5, 5.41) is 10.7. The van der Waals surface area contributed by atoms with E-state index in [1.807, 2.05) is 0 Å². The SMILES string of the molecule is COc1ccc(C(=O)NC2CCCCCC2)nn1. The van der Waals surface area contributed by atoms with E-state index in [1.165, 1.54) is 32.8 Å². The predicted octanol–water partition coefficient (Wildman–Crippen LogP) is 1.94. The molecule has 0 aliphatic heterocycles. The van der Waals surface area contributed by atoms with Gasteiger partial charge in [0, 0.05) is 12.1 Å². The number of ether oxygens (including phenoxy) is 1. The monoisotopic (exact) mass is 249 g/mol. The Kier molecular flexibility index (Phi) is 4.50. The van der Waals surface area contributed by atoms with Crippen LogP contribution >= 0.6 is 0 Å². The molecule has 1 N–H and O–H groups in total. The summed E-state index contributed by atoms with van der Waals surface area (Å²) in [7, 11) is 1.52. The van der Waals surface area contributed by atoms with Crippen molar-refractivity contribution in [3.05, 3.63) is 17.8 Å². The third kappa shape index (κ3) is 3.42. The van der Waals surface area contributed by atoms with Crippen LogP contribution in [-0.2, 0) is 0 Å². The fourth-order valence-electron chi connectivity index (χ4n) is 2.23. The van der Waals surface area contributed by atoms with Crippen LogP contribution in [0.5, 0.6) is 5.88 Å². The molecule has 0 saturated heterocycles. The molecule has 1 amide bonds. The van der Waals surface area contributed by atoms with Crippen LogP contribution in [0.3, 0.4) is 0 Å². The van der Waals surface area contributed by atoms with Gasteiger partial charge < -0.3 is 10.1 Å². The lowest BCUT2D eigenvalue weighted by molar-refractivity contribution is 0.0927. The highest BCUT2D eigenvalue weighted by Crippen LogP contribution is 2.17. The fraction of sp³-hybridized carbons (Fsp3) is 0.615. The Morgan fingerprint density at radius 1 is 1.22 bits per heavy atom. The number of hydrogen-bond donors (Lipinski definition) is 1. The van der Waals surface area contributed by atoms with Crippen molar-refractivity contribution in [1.29, 1.82) is 0 Å². The predicted molar refractivity (Wildman–Crippen MR) is 67.5 cm³/mol. The van der Waals surface area contributed by atoms with Crippen LogP contribution in [0.25, 0.3) is 0 Å². The third-order valence-electron chi connectivity index (χ3n) is 3.27. The quantitative estimate of drug-likeness (QED) is 0.831. The molecule has 1 saturated carbocycles. The molecular weight excluding hydrogens is 230 g/mol. The van der Waals surface area contributed by atoms with E-state index >= 15 is 0 Å². The summed E-state index contributed by atoms with van der Waals surface area (Å²) in [6, 6.07) is 3.57. The van der Waals surface area contributed by atoms with Gasteiger partial charge in [0.25, 0.3) is 5.91 Å². The van der Waals surface area contributed by atoms with Crippen LogP contribution in [-0.4, -0.2) is 29.3 Å². The number of carbonyl (C=O) groups is 1. The lowest BCUT2D eigenvalue weighted by Crippen LogP contribution is -2.35. The highest BCUT2D eigenvalue weighted by Gasteiger charge is 2.16. The van der Waals surface area contributed by atoms with Crippen molar-refractivity contribution in [2.45, 2.75) is 44.6 Å². The minimum absolute atomic E-state index is 0.142. The number of carbonyl (C=O) groups excluding carboxylic acids is 1. The van der Waals surface area contributed by atoms with Gasteiger partial charge in [-0.25, -0.2) is 0 Å². The van der Waals surface area contributed by atoms with E-state index in [-0.39, 0.29) is 11.9 Å². The number of nitrogens with zero attached hydrogens (tertiary/aromatic N) is 2. The number of nitrogens with one attached hydrogen (secondary N) is 1. The van der Waals surface area contributed by atoms with Gasteiger partial charge in [-0.05, 0) is 18.9 Å². The lowest BCUT2D eigenvalue weighted by Gasteiger charge is -2.15. The summed E-state index contributed by atoms with van der Waals surface area (Å²) in [6.07, 6.45) is 7.06. The summed E-state index contributed by atoms with van der Waals surface area (Å²) in [4.78, 5) is 12.0. The largest absolute Gasteiger partial charge is 0.480 e. The molecule has 1 aromatic rings. The zero-order valence-electron chi connectivity index (χ0n) is 10.7. The highest BCUT2D eigenvalue weighted by atomic mass is 16.5. The molecule has 0 aromatic carbocycles. The topological polar surface area (TPSA) is 64.1 Å². The van der Waals surface area contributed by atoms with E-state index in [4.69, 9.17) is 4.74 Å². The van der Waals surface area contributed by atoms with Crippen molar-refractivity contribution in [1.82, 2.24) is 15.5 Å². The maximum Gasteiger partial charge on any atom is 0.272 e. The van der Waals surface area contributed by atoms with Crippen molar-refractivity contribution >= 4 is 5.91 Å². The average molecular weight is 249 g/mol. The minimum Gasteiger partial charge on any atom is -0.480 e. The van der Waals surface area contributed by atoms with Gasteiger partial charge >= 0.3 is 0 Å². The maximum atomic E-state index is 12.0. The van der Waals surface area contributed by atoms with Gasteiger partial charge in [-0.1, -0.05) is 25.7 Å². The molecule has 1 aliphatic rings. The molecule has 1 aliphatic carbocycles. The second-order valence-electron chi connectivity index (χ2n) is 4.62. The second kappa shape index (κ2) is 6.33. The lowest BCUT2D eigenvalue weighted by atomic mass is 10.1. The molecule has 18 heavy (non-hydrogen) atoms. The molecule has 1 heterocycles. The Balaban J connectivity index is 1.93. The van der Waals surface area contributed by atoms with Crippen LogP contribution in [0.15, 0.2) is 12.1 Å². The summed E-state index contributed by atoms with van der Waals surface area (Å²) >= 11 is 0. The van der Waals surface area contributed by atoms with Crippen LogP contribution in [0.4, 0.5) is 0 Å². The van der Waals surface area contributed by atoms with Gasteiger partial charge in [0.05, 0.1) is 7.11 Å². The molecule has 1 aromatic heterocycles. The van der Waals surface area contributed by atoms with Gasteiger partial charge in [0.15, 0.2) is 5.69 Å². The van der Waals surface area contributed by atoms with Gasteiger partial charge in [0.2, 0.25) is 5.88 Å². The summed E-state index contributed by atoms with van der Waals surface area (Å²) < 4.78 is 4.91. The number of aromatic nitrogens is 2. The van der Waals surface area contributed by atoms with E-state index in [0.717, 1.165) is 12.8 Å². The first-order valence-electron chi connectivity index (χ1n) is 6.48. The van der Waals surface area contributed by atoms with Crippen molar-refractivity contribution in [3.8, 4) is 5.88 Å². The Labute approximate surface area is 107 Å². The third-order valence-corrected chi connectivity index (χ3v) is 3.27. The second-order valence-corrected chi connectivity index (χ2v) is 4.62. The standard InChI is InChI=1S/C13H19N3O2/c1-18-12-9-8-11(15-16-12)13(17)14-10-6-4-2-3-5-7-10/h8-10H,2-7H2,1H3,(H,14,17). The molecule has 5 nitrogen and oxygen atoms in total. The van der Waals surface area contributed by atoms with Crippen LogP contribution in [0.2, 0.25) is 0 Å². The van der Waals surface area contributed by atoms with Gasteiger partial charge in [-0.2, -0.15) is 0 Å². The van der Waals surface area contributed by atoms with E-state index in [1.54, 1.807) is 12.1 Å². The molecule has 0 spiro atoms. The molecule has 5 heteroatoms. The average Bonchev–Trinajstić information content (AvgIpc) is 2.67. The van der Waals surface area contributed by atoms with Crippen molar-refractivity contribution < 1.29 is 9.53 Å². The Morgan fingerprint density at radius 2 is 1.94 bits per heavy atom. The molecule has 0 bridgehead atoms. The van der Waals surface area contributed by atoms with Crippen molar-refractivity contribution in [2.75, 3.05) is 7.11 Å². The van der Waals surface area contributed by atoms with Crippen LogP contribution < -0.4 is 10.1 Å². The summed E-state index contributed by atoms with van der Waals surface area (Å²) in [6.45, 7) is 0. The molecule has 2 rings (SSSR count). The molecule has 0 atom stereocenters. The zero-order valence-corrected chi connectivity index (χ0v) is 10.7. The first-order chi connectivity index (χ1) is 8.79. The van der Waals surface area contributed by atoms with Gasteiger partial charge in [-0.3, -0.25) is 4.79 Å². The number of amides is 1. The highest BCUT2D eigenvalue weighted by molar-refractivity contribution is 5.92. The smallest absolute Gasteiger partial charge is 0.272 e. The number of rotatable bonds is 3. The zero-order chi connectivity index (χ0) is 12.8. The summed E-state index contributed by atoms with van der Waals surface area (Å²) in [5.41, 5.74) is 0.347. The normalized spacial score (nSPS) is 16.9. The van der Waals surface area contributed by atoms with E-state index < -0.39 is 0 Å². The maximum absolute atomic E-state index is 12.0. The molecular formula is C13H19N3O2. The number of methoxy groups -OCH3 is 1. The van der Waals surface area contributed by atoms with Gasteiger partial charge in [-0.15, -0.1) is 10.2 Å². The first kappa shape index (κ1) is 12.8. The Bertz CT molecular complexity index is 384. The molecule has 0 unspecified atom stereocenters. The van der Waals surface area contributed by atoms with E-state index in [2.05, 4.69) is 15.5 Å². The summed E-state index contributed by atoms with van der Waals surface area (Å²) in [5.74, 6) is 0.276. The Hall–Kier alpha value is -1.65. The van der Waals surface area contributed by atoms with Crippen molar-refractivity contribution in [2.24, 2.45) is 0 Å². The minimum atomic E-state index is -0.142. The Morgan fingerprint density at radius 3 is 2.50 bits per heavy atom. The van der Waals surface area contributed by atoms with Crippen LogP contribution in [0.1, 0.15) is 49.0 Å². The van der Waals surface area contributed by atoms with Crippen molar-refractivity contribution in [3.63, 3.8) is 0 Å². The molecule has 0 radical (unpaired) electrons. The molecule has 98 valence electrons.